The van der Waals surface area contributed by atoms with E-state index in [9.17, 15) is 0 Å². The summed E-state index contributed by atoms with van der Waals surface area (Å²) in [6.07, 6.45) is 4.42. The van der Waals surface area contributed by atoms with Gasteiger partial charge in [-0.15, -0.1) is 22.7 Å². The number of aryl methyl sites for hydroxylation is 2. The second-order valence-corrected chi connectivity index (χ2v) is 32.1. The third-order valence-electron chi connectivity index (χ3n) is 22.4. The van der Waals surface area contributed by atoms with Gasteiger partial charge in [-0.2, -0.15) is 0 Å². The number of rotatable bonds is 12. The maximum Gasteiger partial charge on any atom is 0.268 e. The van der Waals surface area contributed by atoms with Gasteiger partial charge in [0.2, 0.25) is 0 Å². The molecule has 0 atom stereocenters. The topological polar surface area (TPSA) is 49.9 Å². The predicted molar refractivity (Wildman–Crippen MR) is 466 cm³/mol. The summed E-state index contributed by atoms with van der Waals surface area (Å²) in [5.74, 6) is 3.42. The highest BCUT2D eigenvalue weighted by Gasteiger charge is 2.51. The van der Waals surface area contributed by atoms with Crippen molar-refractivity contribution in [1.82, 2.24) is 0 Å². The van der Waals surface area contributed by atoms with Gasteiger partial charge in [-0.25, -0.2) is 0 Å². The molecular weight excluding hydrogens is 1400 g/mol. The molecule has 1 N–H and O–H groups in total. The molecule has 0 spiro atoms. The zero-order valence-corrected chi connectivity index (χ0v) is 62.6. The molecule has 0 unspecified atom stereocenters. The van der Waals surface area contributed by atoms with E-state index in [1.54, 1.807) is 23.9 Å². The van der Waals surface area contributed by atoms with Gasteiger partial charge in [-0.3, -0.25) is 8.61 Å². The Morgan fingerprint density at radius 2 is 0.769 bits per heavy atom. The van der Waals surface area contributed by atoms with Crippen LogP contribution < -0.4 is 90.8 Å². The minimum absolute atomic E-state index is 0.160. The summed E-state index contributed by atoms with van der Waals surface area (Å²) in [4.78, 5) is 9.71. The normalized spacial score (nSPS) is 13.4. The van der Waals surface area contributed by atoms with Crippen molar-refractivity contribution in [2.45, 2.75) is 13.8 Å². The average molecular weight is 1460 g/mol. The van der Waals surface area contributed by atoms with Crippen LogP contribution in [0.2, 0.25) is 0 Å². The van der Waals surface area contributed by atoms with Gasteiger partial charge >= 0.3 is 0 Å². The maximum absolute atomic E-state index is 7.86. The van der Waals surface area contributed by atoms with Crippen LogP contribution in [0, 0.1) is 13.8 Å². The molecule has 14 aromatic carbocycles. The number of thiophene rings is 2. The number of hydrogen-bond donors (Lipinski definition) is 1. The summed E-state index contributed by atoms with van der Waals surface area (Å²) in [7, 11) is 0. The molecule has 6 aliphatic rings. The van der Waals surface area contributed by atoms with Crippen molar-refractivity contribution in [2.24, 2.45) is 0 Å². The molecule has 8 heterocycles. The van der Waals surface area contributed by atoms with Gasteiger partial charge in [-0.1, -0.05) is 169 Å². The number of hydrogen-bond acceptors (Lipinski definition) is 13. The maximum atomic E-state index is 7.86. The Morgan fingerprint density at radius 3 is 1.33 bits per heavy atom. The molecule has 2 aromatic heterocycles. The van der Waals surface area contributed by atoms with Crippen molar-refractivity contribution >= 4 is 237 Å². The van der Waals surface area contributed by atoms with Gasteiger partial charge in [0.1, 0.15) is 23.0 Å². The van der Waals surface area contributed by atoms with Gasteiger partial charge in [-0.05, 0) is 209 Å². The molecular formula is C92H64B3N7O2S4. The van der Waals surface area contributed by atoms with E-state index in [1.165, 1.54) is 63.0 Å². The van der Waals surface area contributed by atoms with Gasteiger partial charge < -0.3 is 34.4 Å². The van der Waals surface area contributed by atoms with Crippen molar-refractivity contribution in [1.29, 1.82) is 0 Å². The second-order valence-electron chi connectivity index (χ2n) is 28.5. The van der Waals surface area contributed by atoms with Gasteiger partial charge in [0.15, 0.2) is 0 Å². The van der Waals surface area contributed by atoms with Crippen molar-refractivity contribution in [3.63, 3.8) is 0 Å². The molecule has 0 saturated carbocycles. The third-order valence-corrected chi connectivity index (χ3v) is 26.3. The number of ether oxygens (including phenoxy) is 2. The summed E-state index contributed by atoms with van der Waals surface area (Å²) >= 11 is 7.24. The second kappa shape index (κ2) is 24.8. The highest BCUT2D eigenvalue weighted by Crippen LogP contribution is 2.53. The van der Waals surface area contributed by atoms with Crippen LogP contribution in [0.5, 0.6) is 23.0 Å². The zero-order chi connectivity index (χ0) is 71.6. The largest absolute Gasteiger partial charge is 0.458 e. The smallest absolute Gasteiger partial charge is 0.268 e. The van der Waals surface area contributed by atoms with Crippen molar-refractivity contribution in [3.8, 4) is 23.0 Å². The summed E-state index contributed by atoms with van der Waals surface area (Å²) in [5, 5.41) is 6.65. The lowest BCUT2D eigenvalue weighted by molar-refractivity contribution is 0.488. The fraction of sp³-hybridized carbons (Fsp3) is 0.0435. The van der Waals surface area contributed by atoms with E-state index in [-0.39, 0.29) is 20.1 Å². The first-order valence-corrected chi connectivity index (χ1v) is 40.6. The third kappa shape index (κ3) is 9.69. The molecule has 0 radical (unpaired) electrons. The highest BCUT2D eigenvalue weighted by atomic mass is 32.2. The number of para-hydroxylation sites is 5. The standard InChI is InChI=1S/C92H64B3N7O2S4/c1-56-38-42-63(43-39-56)99(64-44-40-57(2)41-45-64)65-46-75-86-78(47-65)100(62-32-18-9-19-33-62)89-68-34-20-22-36-84(68)107-91(89)94(86)70-52-71-76(54-74(70)96-75)101(105-3)79-48-66(97(58-24-10-5-11-25-58)59-26-12-6-13-27-59)50-82-87(79)93(71)73-53-72-77(55-81(73)103-82)102(106-4)80-49-67(98(60-28-14-7-15-29-60)61-30-16-8-17-31-61)51-83-88(80)95(72)92-90(104-83)69-35-21-23-37-85(69)108-92/h5-55,96H,1-4H3. The molecule has 16 heteroatoms. The average Bonchev–Trinajstić information content (AvgIpc) is 1.09. The van der Waals surface area contributed by atoms with Gasteiger partial charge in [0.25, 0.3) is 20.1 Å². The lowest BCUT2D eigenvalue weighted by Crippen LogP contribution is -2.64. The lowest BCUT2D eigenvalue weighted by Gasteiger charge is -2.44. The Morgan fingerprint density at radius 1 is 0.333 bits per heavy atom. The first-order chi connectivity index (χ1) is 53.3. The molecule has 22 rings (SSSR count). The Labute approximate surface area is 645 Å². The van der Waals surface area contributed by atoms with E-state index in [0.717, 1.165) is 141 Å². The molecule has 6 aliphatic heterocycles. The van der Waals surface area contributed by atoms with E-state index in [0.29, 0.717) is 0 Å². The fourth-order valence-corrected chi connectivity index (χ4v) is 21.7. The number of nitrogens with one attached hydrogen (secondary N) is 1. The first kappa shape index (κ1) is 63.4. The number of benzene rings is 14. The molecule has 0 fully saturated rings. The van der Waals surface area contributed by atoms with E-state index in [1.807, 2.05) is 22.7 Å². The van der Waals surface area contributed by atoms with E-state index >= 15 is 0 Å². The molecule has 512 valence electrons. The van der Waals surface area contributed by atoms with Crippen LogP contribution in [-0.4, -0.2) is 32.6 Å². The van der Waals surface area contributed by atoms with Gasteiger partial charge in [0.05, 0.1) is 39.8 Å². The summed E-state index contributed by atoms with van der Waals surface area (Å²) < 4.78 is 25.2. The quantitative estimate of drug-likeness (QED) is 0.0940. The van der Waals surface area contributed by atoms with Crippen LogP contribution in [0.3, 0.4) is 0 Å². The monoisotopic (exact) mass is 1460 g/mol. The van der Waals surface area contributed by atoms with Crippen molar-refractivity contribution < 1.29 is 9.47 Å². The molecule has 108 heavy (non-hydrogen) atoms. The van der Waals surface area contributed by atoms with Crippen LogP contribution in [0.4, 0.5) is 102 Å². The Hall–Kier alpha value is -11.9. The van der Waals surface area contributed by atoms with Gasteiger partial charge in [0, 0.05) is 123 Å². The zero-order valence-electron chi connectivity index (χ0n) is 59.3. The molecule has 0 amide bonds. The minimum Gasteiger partial charge on any atom is -0.458 e. The SMILES string of the molecule is CSN1c2cc3c(cc2B2c4cc5c(cc4Oc4cc(N(c6ccccc6)c6ccccc6)cc1c42)N(SC)c1cc(N(c2ccccc2)c2ccccc2)cc2c1B5c1sc4ccccc4c1O2)B1c2sc4ccccc4c2N(c2ccccc2)c2cc(N(c4ccc(C)cc4)c4ccc(C)cc4)cc(c21)N3. The molecule has 0 bridgehead atoms. The number of nitrogens with zero attached hydrogens (tertiary/aromatic N) is 6. The van der Waals surface area contributed by atoms with E-state index < -0.39 is 0 Å². The fourth-order valence-electron chi connectivity index (χ4n) is 17.8. The Bertz CT molecular complexity index is 6230. The lowest BCUT2D eigenvalue weighted by atomic mass is 9.30. The van der Waals surface area contributed by atoms with Crippen LogP contribution >= 0.6 is 46.6 Å². The van der Waals surface area contributed by atoms with Crippen LogP contribution in [0.25, 0.3) is 20.2 Å². The molecule has 16 aromatic rings. The molecule has 0 aliphatic carbocycles. The first-order valence-electron chi connectivity index (χ1n) is 36.6. The van der Waals surface area contributed by atoms with Crippen LogP contribution in [-0.2, 0) is 0 Å². The van der Waals surface area contributed by atoms with Crippen LogP contribution in [0.15, 0.2) is 309 Å². The summed E-state index contributed by atoms with van der Waals surface area (Å²) in [5.41, 5.74) is 30.1. The number of fused-ring (bicyclic) bond motifs is 16. The van der Waals surface area contributed by atoms with E-state index in [2.05, 4.69) is 369 Å². The Kier molecular flexibility index (Phi) is 14.6. The highest BCUT2D eigenvalue weighted by molar-refractivity contribution is 8.00. The van der Waals surface area contributed by atoms with Crippen molar-refractivity contribution in [3.05, 3.63) is 321 Å². The predicted octanol–water partition coefficient (Wildman–Crippen LogP) is 20.2. The number of anilines is 18. The van der Waals surface area contributed by atoms with E-state index in [4.69, 9.17) is 9.47 Å². The van der Waals surface area contributed by atoms with Crippen LogP contribution in [0.1, 0.15) is 11.1 Å². The summed E-state index contributed by atoms with van der Waals surface area (Å²) in [6, 6.07) is 114. The minimum atomic E-state index is -0.284. The Balaban J connectivity index is 0.800. The summed E-state index contributed by atoms with van der Waals surface area (Å²) in [6.45, 7) is 3.70. The molecule has 0 saturated heterocycles. The molecule has 9 nitrogen and oxygen atoms in total. The van der Waals surface area contributed by atoms with Crippen molar-refractivity contribution in [2.75, 3.05) is 46.0 Å².